The molecule has 1 aromatic rings. The molecule has 0 amide bonds. The minimum Gasteiger partial charge on any atom is -0.480 e. The maximum Gasteiger partial charge on any atom is 0.323 e. The zero-order valence-corrected chi connectivity index (χ0v) is 14.5. The van der Waals surface area contributed by atoms with E-state index in [0.29, 0.717) is 6.42 Å². The van der Waals surface area contributed by atoms with Crippen molar-refractivity contribution in [2.24, 2.45) is 0 Å². The first-order valence-electron chi connectivity index (χ1n) is 7.51. The summed E-state index contributed by atoms with van der Waals surface area (Å²) in [6.45, 7) is 10.8. The average Bonchev–Trinajstić information content (AvgIpc) is 2.40. The summed E-state index contributed by atoms with van der Waals surface area (Å²) in [4.78, 5) is 12.7. The van der Waals surface area contributed by atoms with Gasteiger partial charge in [0.25, 0.3) is 0 Å². The zero-order chi connectivity index (χ0) is 16.0. The highest BCUT2D eigenvalue weighted by Gasteiger charge is 2.34. The Balaban J connectivity index is 2.71. The minimum absolute atomic E-state index is 0.234. The molecule has 2 unspecified atom stereocenters. The second kappa shape index (κ2) is 7.85. The van der Waals surface area contributed by atoms with Crippen LogP contribution in [-0.2, 0) is 4.79 Å². The van der Waals surface area contributed by atoms with Gasteiger partial charge in [0.05, 0.1) is 0 Å². The van der Waals surface area contributed by atoms with Crippen molar-refractivity contribution >= 4 is 17.7 Å². The second-order valence-corrected chi connectivity index (χ2v) is 7.45. The van der Waals surface area contributed by atoms with Gasteiger partial charge in [-0.3, -0.25) is 4.79 Å². The molecule has 1 rings (SSSR count). The SMILES string of the molecule is CCCNC(C)(CC(C)Sc1ccc(C)c(C)c1)C(=O)O. The van der Waals surface area contributed by atoms with Crippen molar-refractivity contribution in [2.45, 2.75) is 63.1 Å². The highest BCUT2D eigenvalue weighted by Crippen LogP contribution is 2.30. The molecule has 0 bridgehead atoms. The Kier molecular flexibility index (Phi) is 6.75. The van der Waals surface area contributed by atoms with Crippen LogP contribution in [0.5, 0.6) is 0 Å². The molecule has 2 atom stereocenters. The van der Waals surface area contributed by atoms with E-state index in [1.54, 1.807) is 18.7 Å². The number of benzene rings is 1. The van der Waals surface area contributed by atoms with Gasteiger partial charge < -0.3 is 10.4 Å². The monoisotopic (exact) mass is 309 g/mol. The van der Waals surface area contributed by atoms with Gasteiger partial charge in [-0.25, -0.2) is 0 Å². The molecule has 0 saturated heterocycles. The molecule has 0 aromatic heterocycles. The number of rotatable bonds is 8. The zero-order valence-electron chi connectivity index (χ0n) is 13.7. The Morgan fingerprint density at radius 1 is 1.38 bits per heavy atom. The van der Waals surface area contributed by atoms with Gasteiger partial charge in [-0.2, -0.15) is 0 Å². The number of carbonyl (C=O) groups is 1. The summed E-state index contributed by atoms with van der Waals surface area (Å²) in [5, 5.41) is 12.9. The Bertz CT molecular complexity index is 490. The number of carboxylic acids is 1. The van der Waals surface area contributed by atoms with Gasteiger partial charge in [0.2, 0.25) is 0 Å². The van der Waals surface area contributed by atoms with Gasteiger partial charge in [-0.15, -0.1) is 11.8 Å². The first-order valence-corrected chi connectivity index (χ1v) is 8.39. The van der Waals surface area contributed by atoms with E-state index in [1.807, 2.05) is 6.92 Å². The molecule has 0 spiro atoms. The smallest absolute Gasteiger partial charge is 0.323 e. The third kappa shape index (κ3) is 5.36. The van der Waals surface area contributed by atoms with E-state index >= 15 is 0 Å². The summed E-state index contributed by atoms with van der Waals surface area (Å²) < 4.78 is 0. The summed E-state index contributed by atoms with van der Waals surface area (Å²) in [5.41, 5.74) is 1.70. The molecule has 0 saturated carbocycles. The highest BCUT2D eigenvalue weighted by molar-refractivity contribution is 7.99. The topological polar surface area (TPSA) is 49.3 Å². The maximum atomic E-state index is 11.5. The Hall–Kier alpha value is -1.00. The van der Waals surface area contributed by atoms with Crippen LogP contribution in [0, 0.1) is 13.8 Å². The molecule has 3 nitrogen and oxygen atoms in total. The van der Waals surface area contributed by atoms with Gasteiger partial charge in [0, 0.05) is 10.1 Å². The van der Waals surface area contributed by atoms with E-state index in [1.165, 1.54) is 16.0 Å². The van der Waals surface area contributed by atoms with Gasteiger partial charge >= 0.3 is 5.97 Å². The van der Waals surface area contributed by atoms with Gasteiger partial charge in [-0.05, 0) is 63.4 Å². The lowest BCUT2D eigenvalue weighted by molar-refractivity contribution is -0.144. The number of aryl methyl sites for hydroxylation is 2. The normalized spacial score (nSPS) is 15.5. The molecule has 0 aliphatic heterocycles. The highest BCUT2D eigenvalue weighted by atomic mass is 32.2. The van der Waals surface area contributed by atoms with Crippen LogP contribution in [0.2, 0.25) is 0 Å². The Morgan fingerprint density at radius 2 is 2.05 bits per heavy atom. The molecule has 2 N–H and O–H groups in total. The van der Waals surface area contributed by atoms with Crippen molar-refractivity contribution in [3.8, 4) is 0 Å². The van der Waals surface area contributed by atoms with Crippen molar-refractivity contribution in [1.82, 2.24) is 5.32 Å². The summed E-state index contributed by atoms with van der Waals surface area (Å²) in [5.74, 6) is -0.775. The predicted molar refractivity (Wildman–Crippen MR) is 90.2 cm³/mol. The molecule has 0 aliphatic rings. The number of hydrogen-bond donors (Lipinski definition) is 2. The molecule has 118 valence electrons. The largest absolute Gasteiger partial charge is 0.480 e. The Labute approximate surface area is 132 Å². The predicted octanol–water partition coefficient (Wildman–Crippen LogP) is 4.02. The third-order valence-corrected chi connectivity index (χ3v) is 4.84. The van der Waals surface area contributed by atoms with E-state index in [0.717, 1.165) is 13.0 Å². The fourth-order valence-electron chi connectivity index (χ4n) is 2.27. The van der Waals surface area contributed by atoms with Crippen LogP contribution in [0.15, 0.2) is 23.1 Å². The summed E-state index contributed by atoms with van der Waals surface area (Å²) in [7, 11) is 0. The molecule has 4 heteroatoms. The number of nitrogens with one attached hydrogen (secondary N) is 1. The summed E-state index contributed by atoms with van der Waals surface area (Å²) in [6.07, 6.45) is 1.53. The number of aliphatic carboxylic acids is 1. The fourth-order valence-corrected chi connectivity index (χ4v) is 3.54. The molecule has 0 heterocycles. The molecule has 1 aromatic carbocycles. The summed E-state index contributed by atoms with van der Waals surface area (Å²) in [6, 6.07) is 6.41. The standard InChI is InChI=1S/C17H27NO2S/c1-6-9-18-17(5,16(19)20)11-14(4)21-15-8-7-12(2)13(3)10-15/h7-8,10,14,18H,6,9,11H2,1-5H3,(H,19,20). The van der Waals surface area contributed by atoms with Crippen LogP contribution < -0.4 is 5.32 Å². The van der Waals surface area contributed by atoms with Crippen LogP contribution in [0.1, 0.15) is 44.7 Å². The molecular formula is C17H27NO2S. The van der Waals surface area contributed by atoms with Crippen LogP contribution in [-0.4, -0.2) is 28.4 Å². The molecule has 0 radical (unpaired) electrons. The number of hydrogen-bond acceptors (Lipinski definition) is 3. The molecular weight excluding hydrogens is 282 g/mol. The lowest BCUT2D eigenvalue weighted by Crippen LogP contribution is -2.51. The van der Waals surface area contributed by atoms with Gasteiger partial charge in [-0.1, -0.05) is 19.9 Å². The van der Waals surface area contributed by atoms with Crippen LogP contribution in [0.25, 0.3) is 0 Å². The maximum absolute atomic E-state index is 11.5. The van der Waals surface area contributed by atoms with E-state index in [2.05, 4.69) is 44.3 Å². The number of carboxylic acid groups (broad SMARTS) is 1. The molecule has 0 fully saturated rings. The molecule has 0 aliphatic carbocycles. The van der Waals surface area contributed by atoms with Crippen LogP contribution in [0.4, 0.5) is 0 Å². The number of thioether (sulfide) groups is 1. The van der Waals surface area contributed by atoms with E-state index < -0.39 is 11.5 Å². The lowest BCUT2D eigenvalue weighted by atomic mass is 9.96. The quantitative estimate of drug-likeness (QED) is 0.712. The van der Waals surface area contributed by atoms with Crippen molar-refractivity contribution in [3.63, 3.8) is 0 Å². The van der Waals surface area contributed by atoms with Gasteiger partial charge in [0.15, 0.2) is 0 Å². The van der Waals surface area contributed by atoms with E-state index in [9.17, 15) is 9.90 Å². The second-order valence-electron chi connectivity index (χ2n) is 5.94. The van der Waals surface area contributed by atoms with Crippen molar-refractivity contribution in [1.29, 1.82) is 0 Å². The third-order valence-electron chi connectivity index (χ3n) is 3.75. The summed E-state index contributed by atoms with van der Waals surface area (Å²) >= 11 is 1.74. The van der Waals surface area contributed by atoms with Crippen molar-refractivity contribution in [2.75, 3.05) is 6.54 Å². The van der Waals surface area contributed by atoms with Crippen molar-refractivity contribution < 1.29 is 9.90 Å². The fraction of sp³-hybridized carbons (Fsp3) is 0.588. The molecule has 21 heavy (non-hydrogen) atoms. The first kappa shape index (κ1) is 18.1. The van der Waals surface area contributed by atoms with Gasteiger partial charge in [0.1, 0.15) is 5.54 Å². The minimum atomic E-state index is -0.859. The first-order chi connectivity index (χ1) is 9.78. The average molecular weight is 309 g/mol. The van der Waals surface area contributed by atoms with Crippen LogP contribution >= 0.6 is 11.8 Å². The van der Waals surface area contributed by atoms with E-state index in [-0.39, 0.29) is 5.25 Å². The van der Waals surface area contributed by atoms with Crippen LogP contribution in [0.3, 0.4) is 0 Å². The van der Waals surface area contributed by atoms with E-state index in [4.69, 9.17) is 0 Å². The van der Waals surface area contributed by atoms with Crippen molar-refractivity contribution in [3.05, 3.63) is 29.3 Å². The Morgan fingerprint density at radius 3 is 2.57 bits per heavy atom. The lowest BCUT2D eigenvalue weighted by Gasteiger charge is -2.29.